The highest BCUT2D eigenvalue weighted by Crippen LogP contribution is 2.17. The maximum atomic E-state index is 5.93. The molecule has 0 spiro atoms. The first-order valence-corrected chi connectivity index (χ1v) is 6.03. The van der Waals surface area contributed by atoms with E-state index in [-0.39, 0.29) is 6.04 Å². The van der Waals surface area contributed by atoms with Gasteiger partial charge < -0.3 is 15.4 Å². The zero-order valence-electron chi connectivity index (χ0n) is 11.2. The van der Waals surface area contributed by atoms with Gasteiger partial charge in [-0.2, -0.15) is 0 Å². The smallest absolute Gasteiger partial charge is 0.0663 e. The highest BCUT2D eigenvalue weighted by molar-refractivity contribution is 5.44. The Kier molecular flexibility index (Phi) is 5.38. The lowest BCUT2D eigenvalue weighted by Crippen LogP contribution is -2.32. The molecule has 1 rings (SSSR count). The van der Waals surface area contributed by atoms with Gasteiger partial charge in [0.25, 0.3) is 0 Å². The summed E-state index contributed by atoms with van der Waals surface area (Å²) in [6.07, 6.45) is 2.78. The molecule has 0 saturated carbocycles. The number of anilines is 1. The molecule has 0 radical (unpaired) electrons. The second kappa shape index (κ2) is 6.57. The minimum atomic E-state index is 0.0331. The largest absolute Gasteiger partial charge is 0.383 e. The minimum absolute atomic E-state index is 0.0331. The highest BCUT2D eigenvalue weighted by atomic mass is 16.5. The number of aromatic nitrogens is 1. The van der Waals surface area contributed by atoms with E-state index in [4.69, 9.17) is 10.5 Å². The van der Waals surface area contributed by atoms with E-state index in [1.165, 1.54) is 0 Å². The van der Waals surface area contributed by atoms with E-state index in [1.807, 2.05) is 19.3 Å². The maximum Gasteiger partial charge on any atom is 0.0663 e. The number of pyridine rings is 1. The predicted molar refractivity (Wildman–Crippen MR) is 71.2 cm³/mol. The van der Waals surface area contributed by atoms with Crippen molar-refractivity contribution in [3.8, 4) is 0 Å². The summed E-state index contributed by atoms with van der Waals surface area (Å²) in [4.78, 5) is 6.56. The average molecular weight is 237 g/mol. The number of nitrogens with zero attached hydrogens (tertiary/aromatic N) is 2. The van der Waals surface area contributed by atoms with Crippen LogP contribution < -0.4 is 10.6 Å². The molecule has 1 unspecified atom stereocenters. The lowest BCUT2D eigenvalue weighted by Gasteiger charge is -2.26. The van der Waals surface area contributed by atoms with Gasteiger partial charge in [-0.3, -0.25) is 4.98 Å². The summed E-state index contributed by atoms with van der Waals surface area (Å²) in [6.45, 7) is 4.88. The monoisotopic (exact) mass is 237 g/mol. The van der Waals surface area contributed by atoms with Gasteiger partial charge in [0.1, 0.15) is 0 Å². The number of ether oxygens (including phenoxy) is 1. The molecule has 4 nitrogen and oxygen atoms in total. The van der Waals surface area contributed by atoms with Crippen molar-refractivity contribution in [3.05, 3.63) is 24.0 Å². The molecular formula is C13H23N3O. The molecule has 1 aromatic heterocycles. The van der Waals surface area contributed by atoms with Crippen molar-refractivity contribution in [1.82, 2.24) is 4.98 Å². The summed E-state index contributed by atoms with van der Waals surface area (Å²) in [5, 5.41) is 0. The predicted octanol–water partition coefficient (Wildman–Crippen LogP) is 1.96. The third-order valence-electron chi connectivity index (χ3n) is 3.07. The topological polar surface area (TPSA) is 51.4 Å². The number of methoxy groups -OCH3 is 1. The van der Waals surface area contributed by atoms with E-state index >= 15 is 0 Å². The molecule has 1 aromatic rings. The third-order valence-corrected chi connectivity index (χ3v) is 3.07. The van der Waals surface area contributed by atoms with Gasteiger partial charge in [-0.05, 0) is 25.5 Å². The molecule has 0 aliphatic rings. The lowest BCUT2D eigenvalue weighted by atomic mass is 10.1. The number of nitrogens with two attached hydrogens (primary N) is 1. The lowest BCUT2D eigenvalue weighted by molar-refractivity contribution is 0.183. The molecule has 0 aromatic carbocycles. The van der Waals surface area contributed by atoms with Crippen LogP contribution in [0.3, 0.4) is 0 Å². The molecule has 0 aliphatic carbocycles. The van der Waals surface area contributed by atoms with Crippen molar-refractivity contribution in [1.29, 1.82) is 0 Å². The van der Waals surface area contributed by atoms with Gasteiger partial charge >= 0.3 is 0 Å². The molecule has 1 heterocycles. The van der Waals surface area contributed by atoms with Crippen LogP contribution in [0.4, 0.5) is 5.69 Å². The van der Waals surface area contributed by atoms with E-state index in [0.29, 0.717) is 12.6 Å². The van der Waals surface area contributed by atoms with E-state index in [1.54, 1.807) is 7.11 Å². The Bertz CT molecular complexity index is 326. The molecular weight excluding hydrogens is 214 g/mol. The Morgan fingerprint density at radius 3 is 2.65 bits per heavy atom. The SMILES string of the molecule is CC[C@@H](N)c1ccc(N(C)C(C)COC)cn1. The van der Waals surface area contributed by atoms with Crippen molar-refractivity contribution >= 4 is 5.69 Å². The van der Waals surface area contributed by atoms with E-state index in [9.17, 15) is 0 Å². The van der Waals surface area contributed by atoms with Gasteiger partial charge in [0.05, 0.1) is 24.2 Å². The fraction of sp³-hybridized carbons (Fsp3) is 0.615. The Labute approximate surface area is 104 Å². The molecule has 96 valence electrons. The molecule has 2 atom stereocenters. The molecule has 4 heteroatoms. The fourth-order valence-corrected chi connectivity index (χ4v) is 1.64. The molecule has 0 aliphatic heterocycles. The summed E-state index contributed by atoms with van der Waals surface area (Å²) < 4.78 is 5.14. The van der Waals surface area contributed by atoms with E-state index in [0.717, 1.165) is 17.8 Å². The van der Waals surface area contributed by atoms with Gasteiger partial charge in [-0.1, -0.05) is 6.92 Å². The molecule has 0 bridgehead atoms. The van der Waals surface area contributed by atoms with Gasteiger partial charge in [-0.15, -0.1) is 0 Å². The van der Waals surface area contributed by atoms with Crippen molar-refractivity contribution < 1.29 is 4.74 Å². The minimum Gasteiger partial charge on any atom is -0.383 e. The van der Waals surface area contributed by atoms with Crippen molar-refractivity contribution in [2.45, 2.75) is 32.4 Å². The Balaban J connectivity index is 2.73. The quantitative estimate of drug-likeness (QED) is 0.821. The van der Waals surface area contributed by atoms with Crippen LogP contribution in [0.1, 0.15) is 32.0 Å². The molecule has 0 saturated heterocycles. The van der Waals surface area contributed by atoms with E-state index in [2.05, 4.69) is 29.8 Å². The summed E-state index contributed by atoms with van der Waals surface area (Å²) in [5.74, 6) is 0. The van der Waals surface area contributed by atoms with Crippen LogP contribution in [-0.4, -0.2) is 31.8 Å². The number of hydrogen-bond acceptors (Lipinski definition) is 4. The molecule has 0 fully saturated rings. The maximum absolute atomic E-state index is 5.93. The Morgan fingerprint density at radius 2 is 2.18 bits per heavy atom. The van der Waals surface area contributed by atoms with Crippen LogP contribution in [0.15, 0.2) is 18.3 Å². The first kappa shape index (κ1) is 13.9. The number of hydrogen-bond donors (Lipinski definition) is 1. The summed E-state index contributed by atoms with van der Waals surface area (Å²) in [6, 6.07) is 4.42. The number of likely N-dealkylation sites (N-methyl/N-ethyl adjacent to an activating group) is 1. The Hall–Kier alpha value is -1.13. The Morgan fingerprint density at radius 1 is 1.47 bits per heavy atom. The zero-order chi connectivity index (χ0) is 12.8. The fourth-order valence-electron chi connectivity index (χ4n) is 1.64. The third kappa shape index (κ3) is 3.68. The van der Waals surface area contributed by atoms with E-state index < -0.39 is 0 Å². The zero-order valence-corrected chi connectivity index (χ0v) is 11.2. The first-order valence-electron chi connectivity index (χ1n) is 6.03. The van der Waals surface area contributed by atoms with Crippen LogP contribution in [0.25, 0.3) is 0 Å². The summed E-state index contributed by atoms with van der Waals surface area (Å²) in [7, 11) is 3.76. The van der Waals surface area contributed by atoms with Gasteiger partial charge in [0, 0.05) is 26.2 Å². The van der Waals surface area contributed by atoms with Crippen molar-refractivity contribution in [2.75, 3.05) is 25.7 Å². The molecule has 2 N–H and O–H groups in total. The number of rotatable bonds is 6. The normalized spacial score (nSPS) is 14.4. The van der Waals surface area contributed by atoms with Crippen molar-refractivity contribution in [3.63, 3.8) is 0 Å². The first-order chi connectivity index (χ1) is 8.10. The van der Waals surface area contributed by atoms with Crippen LogP contribution >= 0.6 is 0 Å². The second-order valence-corrected chi connectivity index (χ2v) is 4.37. The molecule has 17 heavy (non-hydrogen) atoms. The summed E-state index contributed by atoms with van der Waals surface area (Å²) in [5.41, 5.74) is 7.96. The van der Waals surface area contributed by atoms with Crippen molar-refractivity contribution in [2.24, 2.45) is 5.73 Å². The van der Waals surface area contributed by atoms with Crippen LogP contribution in [-0.2, 0) is 4.74 Å². The molecule has 0 amide bonds. The standard InChI is InChI=1S/C13H23N3O/c1-5-12(14)13-7-6-11(8-15-13)16(3)10(2)9-17-4/h6-8,10,12H,5,9,14H2,1-4H3/t10?,12-/m1/s1. The average Bonchev–Trinajstić information content (AvgIpc) is 2.37. The second-order valence-electron chi connectivity index (χ2n) is 4.37. The van der Waals surface area contributed by atoms with Gasteiger partial charge in [0.15, 0.2) is 0 Å². The van der Waals surface area contributed by atoms with Crippen LogP contribution in [0.2, 0.25) is 0 Å². The summed E-state index contributed by atoms with van der Waals surface area (Å²) >= 11 is 0. The van der Waals surface area contributed by atoms with Gasteiger partial charge in [0.2, 0.25) is 0 Å². The van der Waals surface area contributed by atoms with Crippen LogP contribution in [0, 0.1) is 0 Å². The highest BCUT2D eigenvalue weighted by Gasteiger charge is 2.11. The van der Waals surface area contributed by atoms with Gasteiger partial charge in [-0.25, -0.2) is 0 Å². The van der Waals surface area contributed by atoms with Crippen LogP contribution in [0.5, 0.6) is 0 Å².